The maximum absolute atomic E-state index is 6.03. The first-order valence-corrected chi connectivity index (χ1v) is 4.47. The van der Waals surface area contributed by atoms with Gasteiger partial charge < -0.3 is 10.2 Å². The summed E-state index contributed by atoms with van der Waals surface area (Å²) in [6.45, 7) is 1.99. The molecule has 1 atom stereocenters. The molecule has 0 fully saturated rings. The number of aryl methyl sites for hydroxylation is 1. The van der Waals surface area contributed by atoms with E-state index < -0.39 is 0 Å². The lowest BCUT2D eigenvalue weighted by Gasteiger charge is -2.07. The fourth-order valence-corrected chi connectivity index (χ4v) is 1.44. The molecule has 2 aromatic rings. The molecule has 4 heteroatoms. The second kappa shape index (κ2) is 3.31. The highest BCUT2D eigenvalue weighted by atomic mass is 16.3. The first kappa shape index (κ1) is 9.02. The van der Waals surface area contributed by atoms with Crippen LogP contribution in [0.2, 0.25) is 0 Å². The topological polar surface area (TPSA) is 57.0 Å². The van der Waals surface area contributed by atoms with Crippen LogP contribution in [0.5, 0.6) is 0 Å². The van der Waals surface area contributed by atoms with Crippen molar-refractivity contribution in [3.63, 3.8) is 0 Å². The van der Waals surface area contributed by atoms with Crippen LogP contribution in [-0.4, -0.2) is 9.78 Å². The van der Waals surface area contributed by atoms with Crippen molar-refractivity contribution >= 4 is 0 Å². The van der Waals surface area contributed by atoms with Crippen LogP contribution in [-0.2, 0) is 7.05 Å². The second-order valence-corrected chi connectivity index (χ2v) is 3.30. The Morgan fingerprint density at radius 1 is 1.57 bits per heavy atom. The lowest BCUT2D eigenvalue weighted by atomic mass is 10.1. The fourth-order valence-electron chi connectivity index (χ4n) is 1.44. The molecule has 2 N–H and O–H groups in total. The molecule has 14 heavy (non-hydrogen) atoms. The number of hydrogen-bond acceptors (Lipinski definition) is 3. The predicted molar refractivity (Wildman–Crippen MR) is 52.7 cm³/mol. The zero-order valence-electron chi connectivity index (χ0n) is 8.27. The molecular formula is C10H13N3O. The van der Waals surface area contributed by atoms with Crippen molar-refractivity contribution in [2.75, 3.05) is 0 Å². The lowest BCUT2D eigenvalue weighted by molar-refractivity contribution is 0.489. The Morgan fingerprint density at radius 2 is 2.36 bits per heavy atom. The molecule has 0 aromatic carbocycles. The van der Waals surface area contributed by atoms with E-state index in [2.05, 4.69) is 5.10 Å². The highest BCUT2D eigenvalue weighted by molar-refractivity contribution is 5.27. The van der Waals surface area contributed by atoms with Crippen molar-refractivity contribution in [2.45, 2.75) is 13.0 Å². The second-order valence-electron chi connectivity index (χ2n) is 3.30. The van der Waals surface area contributed by atoms with Crippen molar-refractivity contribution in [1.82, 2.24) is 9.78 Å². The molecule has 74 valence electrons. The number of nitrogens with zero attached hydrogens (tertiary/aromatic N) is 2. The van der Waals surface area contributed by atoms with E-state index in [9.17, 15) is 0 Å². The average Bonchev–Trinajstić information content (AvgIpc) is 2.77. The van der Waals surface area contributed by atoms with Crippen LogP contribution in [0, 0.1) is 6.92 Å². The zero-order valence-corrected chi connectivity index (χ0v) is 8.27. The Balaban J connectivity index is 2.36. The summed E-state index contributed by atoms with van der Waals surface area (Å²) in [6.07, 6.45) is 3.41. The Kier molecular flexibility index (Phi) is 2.13. The van der Waals surface area contributed by atoms with Crippen LogP contribution in [0.1, 0.15) is 23.1 Å². The molecule has 2 heterocycles. The van der Waals surface area contributed by atoms with E-state index in [1.807, 2.05) is 26.1 Å². The molecule has 0 bridgehead atoms. The zero-order chi connectivity index (χ0) is 10.1. The molecule has 2 aromatic heterocycles. The van der Waals surface area contributed by atoms with Gasteiger partial charge in [-0.15, -0.1) is 0 Å². The fraction of sp³-hybridized carbons (Fsp3) is 0.300. The van der Waals surface area contributed by atoms with Gasteiger partial charge in [0.05, 0.1) is 18.5 Å². The molecular weight excluding hydrogens is 178 g/mol. The Labute approximate surface area is 82.3 Å². The van der Waals surface area contributed by atoms with Crippen molar-refractivity contribution in [2.24, 2.45) is 12.8 Å². The summed E-state index contributed by atoms with van der Waals surface area (Å²) in [5.74, 6) is 0.765. The number of rotatable bonds is 2. The highest BCUT2D eigenvalue weighted by Gasteiger charge is 2.16. The Hall–Kier alpha value is -1.55. The third-order valence-electron chi connectivity index (χ3n) is 2.46. The molecule has 0 amide bonds. The monoisotopic (exact) mass is 191 g/mol. The predicted octanol–water partition coefficient (Wildman–Crippen LogP) is 1.37. The van der Waals surface area contributed by atoms with Crippen LogP contribution in [0.4, 0.5) is 0 Å². The van der Waals surface area contributed by atoms with Gasteiger partial charge in [-0.25, -0.2) is 0 Å². The van der Waals surface area contributed by atoms with Gasteiger partial charge in [0.1, 0.15) is 5.76 Å². The molecule has 0 saturated heterocycles. The van der Waals surface area contributed by atoms with Gasteiger partial charge in [0, 0.05) is 18.3 Å². The molecule has 0 aliphatic rings. The minimum atomic E-state index is -0.223. The van der Waals surface area contributed by atoms with Gasteiger partial charge in [0.25, 0.3) is 0 Å². The Bertz CT molecular complexity index is 417. The minimum absolute atomic E-state index is 0.223. The molecule has 4 nitrogen and oxygen atoms in total. The van der Waals surface area contributed by atoms with Gasteiger partial charge in [-0.1, -0.05) is 0 Å². The molecule has 2 rings (SSSR count). The lowest BCUT2D eigenvalue weighted by Crippen LogP contribution is -2.11. The van der Waals surface area contributed by atoms with E-state index in [0.717, 1.165) is 17.0 Å². The number of aromatic nitrogens is 2. The number of nitrogens with two attached hydrogens (primary N) is 1. The molecule has 0 aliphatic heterocycles. The van der Waals surface area contributed by atoms with Crippen molar-refractivity contribution < 1.29 is 4.42 Å². The van der Waals surface area contributed by atoms with Gasteiger partial charge in [-0.3, -0.25) is 4.68 Å². The van der Waals surface area contributed by atoms with Crippen LogP contribution in [0.3, 0.4) is 0 Å². The average molecular weight is 191 g/mol. The van der Waals surface area contributed by atoms with E-state index in [4.69, 9.17) is 10.2 Å². The smallest absolute Gasteiger partial charge is 0.125 e. The normalized spacial score (nSPS) is 13.1. The summed E-state index contributed by atoms with van der Waals surface area (Å²) < 4.78 is 7.06. The van der Waals surface area contributed by atoms with Gasteiger partial charge in [0.2, 0.25) is 0 Å². The van der Waals surface area contributed by atoms with Gasteiger partial charge in [-0.05, 0) is 19.1 Å². The largest absolute Gasteiger partial charge is 0.467 e. The number of hydrogen-bond donors (Lipinski definition) is 1. The van der Waals surface area contributed by atoms with E-state index in [1.54, 1.807) is 17.1 Å². The standard InChI is InChI=1S/C10H13N3O/c1-7-8(6-12-13(7)2)10(11)9-4-3-5-14-9/h3-6,10H,11H2,1-2H3. The van der Waals surface area contributed by atoms with E-state index in [1.165, 1.54) is 0 Å². The third kappa shape index (κ3) is 1.33. The first-order chi connectivity index (χ1) is 6.70. The molecule has 0 aliphatic carbocycles. The Morgan fingerprint density at radius 3 is 2.86 bits per heavy atom. The van der Waals surface area contributed by atoms with Gasteiger partial charge in [-0.2, -0.15) is 5.10 Å². The quantitative estimate of drug-likeness (QED) is 0.780. The van der Waals surface area contributed by atoms with Crippen molar-refractivity contribution in [3.05, 3.63) is 41.6 Å². The summed E-state index contributed by atoms with van der Waals surface area (Å²) in [5, 5.41) is 4.14. The van der Waals surface area contributed by atoms with Crippen LogP contribution in [0.25, 0.3) is 0 Å². The minimum Gasteiger partial charge on any atom is -0.467 e. The third-order valence-corrected chi connectivity index (χ3v) is 2.46. The first-order valence-electron chi connectivity index (χ1n) is 4.47. The van der Waals surface area contributed by atoms with E-state index in [-0.39, 0.29) is 6.04 Å². The van der Waals surface area contributed by atoms with Crippen LogP contribution in [0.15, 0.2) is 29.0 Å². The van der Waals surface area contributed by atoms with Gasteiger partial charge >= 0.3 is 0 Å². The molecule has 0 radical (unpaired) electrons. The van der Waals surface area contributed by atoms with Crippen LogP contribution >= 0.6 is 0 Å². The SMILES string of the molecule is Cc1c(C(N)c2ccco2)cnn1C. The van der Waals surface area contributed by atoms with Crippen LogP contribution < -0.4 is 5.73 Å². The van der Waals surface area contributed by atoms with Gasteiger partial charge in [0.15, 0.2) is 0 Å². The van der Waals surface area contributed by atoms with Crippen molar-refractivity contribution in [1.29, 1.82) is 0 Å². The molecule has 0 spiro atoms. The number of furan rings is 1. The molecule has 0 saturated carbocycles. The summed E-state index contributed by atoms with van der Waals surface area (Å²) in [7, 11) is 1.90. The summed E-state index contributed by atoms with van der Waals surface area (Å²) in [6, 6.07) is 3.48. The van der Waals surface area contributed by atoms with Crippen molar-refractivity contribution in [3.8, 4) is 0 Å². The maximum atomic E-state index is 6.03. The summed E-state index contributed by atoms with van der Waals surface area (Å²) in [5.41, 5.74) is 8.09. The highest BCUT2D eigenvalue weighted by Crippen LogP contribution is 2.21. The van der Waals surface area contributed by atoms with E-state index in [0.29, 0.717) is 0 Å². The summed E-state index contributed by atoms with van der Waals surface area (Å²) >= 11 is 0. The molecule has 1 unspecified atom stereocenters. The summed E-state index contributed by atoms with van der Waals surface area (Å²) in [4.78, 5) is 0. The van der Waals surface area contributed by atoms with E-state index >= 15 is 0 Å². The maximum Gasteiger partial charge on any atom is 0.125 e.